The van der Waals surface area contributed by atoms with Crippen molar-refractivity contribution in [1.82, 2.24) is 10.2 Å². The number of likely N-dealkylation sites (tertiary alicyclic amines) is 1. The highest BCUT2D eigenvalue weighted by Crippen LogP contribution is 2.38. The van der Waals surface area contributed by atoms with Gasteiger partial charge in [0.05, 0.1) is 24.2 Å². The molecule has 1 saturated heterocycles. The van der Waals surface area contributed by atoms with Gasteiger partial charge in [-0.1, -0.05) is 36.8 Å². The molecular formula is C30H35N3O5S. The van der Waals surface area contributed by atoms with Gasteiger partial charge in [-0.3, -0.25) is 14.0 Å². The largest absolute Gasteiger partial charge is 0.497 e. The third-order valence-electron chi connectivity index (χ3n) is 7.34. The lowest BCUT2D eigenvalue weighted by Gasteiger charge is -2.35. The van der Waals surface area contributed by atoms with E-state index in [-0.39, 0.29) is 17.3 Å². The fraction of sp³-hybridized carbons (Fsp3) is 0.367. The zero-order chi connectivity index (χ0) is 27.4. The number of rotatable bonds is 8. The van der Waals surface area contributed by atoms with Crippen LogP contribution in [0.2, 0.25) is 0 Å². The maximum absolute atomic E-state index is 13.7. The number of methoxy groups -OCH3 is 1. The van der Waals surface area contributed by atoms with E-state index in [0.29, 0.717) is 23.7 Å². The van der Waals surface area contributed by atoms with Gasteiger partial charge in [-0.25, -0.2) is 8.42 Å². The lowest BCUT2D eigenvalue weighted by molar-refractivity contribution is -0.127. The van der Waals surface area contributed by atoms with Crippen molar-refractivity contribution in [3.63, 3.8) is 0 Å². The van der Waals surface area contributed by atoms with Crippen molar-refractivity contribution >= 4 is 21.6 Å². The number of carbonyl (C=O) groups excluding carboxylic acids is 1. The van der Waals surface area contributed by atoms with Crippen LogP contribution in [-0.2, 0) is 27.9 Å². The molecule has 5 rings (SSSR count). The number of ether oxygens (including phenoxy) is 2. The summed E-state index contributed by atoms with van der Waals surface area (Å²) in [6, 6.07) is 19.7. The zero-order valence-electron chi connectivity index (χ0n) is 22.4. The van der Waals surface area contributed by atoms with E-state index in [1.165, 1.54) is 48.4 Å². The van der Waals surface area contributed by atoms with Crippen LogP contribution in [0.4, 0.5) is 5.69 Å². The fourth-order valence-corrected chi connectivity index (χ4v) is 6.61. The number of amides is 1. The van der Waals surface area contributed by atoms with Gasteiger partial charge in [0.25, 0.3) is 15.9 Å². The number of aryl methyl sites for hydroxylation is 1. The third kappa shape index (κ3) is 6.04. The summed E-state index contributed by atoms with van der Waals surface area (Å²) >= 11 is 0. The molecule has 2 aliphatic rings. The highest BCUT2D eigenvalue weighted by Gasteiger charge is 2.37. The highest BCUT2D eigenvalue weighted by atomic mass is 32.2. The Morgan fingerprint density at radius 1 is 1.00 bits per heavy atom. The molecule has 2 aliphatic heterocycles. The number of anilines is 1. The Bertz CT molecular complexity index is 1420. The minimum Gasteiger partial charge on any atom is -0.497 e. The van der Waals surface area contributed by atoms with E-state index in [4.69, 9.17) is 9.47 Å². The van der Waals surface area contributed by atoms with E-state index >= 15 is 0 Å². The van der Waals surface area contributed by atoms with Gasteiger partial charge in [0, 0.05) is 13.1 Å². The van der Waals surface area contributed by atoms with Crippen LogP contribution in [0.1, 0.15) is 36.0 Å². The molecule has 0 aromatic heterocycles. The number of nitrogens with one attached hydrogen (secondary N) is 1. The number of sulfonamides is 1. The van der Waals surface area contributed by atoms with Crippen LogP contribution in [0.25, 0.3) is 0 Å². The van der Waals surface area contributed by atoms with Crippen molar-refractivity contribution in [3.8, 4) is 11.5 Å². The van der Waals surface area contributed by atoms with Crippen molar-refractivity contribution < 1.29 is 22.7 Å². The molecule has 0 bridgehead atoms. The van der Waals surface area contributed by atoms with Gasteiger partial charge >= 0.3 is 0 Å². The summed E-state index contributed by atoms with van der Waals surface area (Å²) in [7, 11) is -2.43. The van der Waals surface area contributed by atoms with Crippen molar-refractivity contribution in [2.45, 2.75) is 50.3 Å². The molecule has 3 aromatic carbocycles. The molecule has 9 heteroatoms. The first-order chi connectivity index (χ1) is 18.8. The van der Waals surface area contributed by atoms with Gasteiger partial charge in [0.1, 0.15) is 11.5 Å². The zero-order valence-corrected chi connectivity index (χ0v) is 23.2. The second kappa shape index (κ2) is 11.7. The van der Waals surface area contributed by atoms with Crippen LogP contribution in [0, 0.1) is 6.92 Å². The number of benzene rings is 3. The Morgan fingerprint density at radius 2 is 1.72 bits per heavy atom. The predicted molar refractivity (Wildman–Crippen MR) is 151 cm³/mol. The molecule has 206 valence electrons. The number of carbonyl (C=O) groups is 1. The monoisotopic (exact) mass is 549 g/mol. The summed E-state index contributed by atoms with van der Waals surface area (Å²) in [5, 5.41) is 2.99. The summed E-state index contributed by atoms with van der Waals surface area (Å²) in [6.45, 7) is 5.13. The Labute approximate surface area is 230 Å². The van der Waals surface area contributed by atoms with Crippen molar-refractivity contribution in [1.29, 1.82) is 0 Å². The van der Waals surface area contributed by atoms with Crippen LogP contribution in [0.5, 0.6) is 11.5 Å². The molecule has 0 unspecified atom stereocenters. The molecule has 1 amide bonds. The van der Waals surface area contributed by atoms with E-state index in [1.54, 1.807) is 24.3 Å². The molecule has 1 N–H and O–H groups in total. The summed E-state index contributed by atoms with van der Waals surface area (Å²) in [6.07, 6.45) is 2.72. The van der Waals surface area contributed by atoms with Gasteiger partial charge in [-0.05, 0) is 85.9 Å². The molecule has 0 radical (unpaired) electrons. The molecule has 0 saturated carbocycles. The van der Waals surface area contributed by atoms with Gasteiger partial charge in [0.15, 0.2) is 6.10 Å². The van der Waals surface area contributed by atoms with Crippen LogP contribution >= 0.6 is 0 Å². The number of hydrogen-bond donors (Lipinski definition) is 1. The van der Waals surface area contributed by atoms with E-state index < -0.39 is 16.1 Å². The summed E-state index contributed by atoms with van der Waals surface area (Å²) in [5.41, 5.74) is 3.54. The minimum atomic E-state index is -3.96. The van der Waals surface area contributed by atoms with Crippen molar-refractivity contribution in [2.24, 2.45) is 0 Å². The van der Waals surface area contributed by atoms with E-state index in [2.05, 4.69) is 16.3 Å². The number of fused-ring (bicyclic) bond motifs is 1. The normalized spacial score (nSPS) is 17.7. The number of piperidine rings is 1. The molecule has 1 fully saturated rings. The number of hydrogen-bond acceptors (Lipinski definition) is 6. The molecular weight excluding hydrogens is 514 g/mol. The van der Waals surface area contributed by atoms with Gasteiger partial charge in [-0.2, -0.15) is 0 Å². The van der Waals surface area contributed by atoms with Crippen LogP contribution in [-0.4, -0.2) is 52.1 Å². The standard InChI is InChI=1S/C30H35N3O5S/c1-22-10-15-28-27(18-22)33(39(35,36)26-13-11-25(37-2)12-14-26)21-29(38-28)30(34)31-19-23-8-4-5-9-24(23)20-32-16-6-3-7-17-32/h4-5,8-15,18,29H,3,6-7,16-17,19-21H2,1-2H3,(H,31,34)/t29-/m0/s1. The third-order valence-corrected chi connectivity index (χ3v) is 9.13. The average Bonchev–Trinajstić information content (AvgIpc) is 2.96. The molecule has 1 atom stereocenters. The molecule has 0 aliphatic carbocycles. The molecule has 2 heterocycles. The van der Waals surface area contributed by atoms with Gasteiger partial charge in [0.2, 0.25) is 0 Å². The van der Waals surface area contributed by atoms with Crippen LogP contribution in [0.3, 0.4) is 0 Å². The predicted octanol–water partition coefficient (Wildman–Crippen LogP) is 4.26. The maximum Gasteiger partial charge on any atom is 0.264 e. The van der Waals surface area contributed by atoms with Crippen LogP contribution < -0.4 is 19.1 Å². The maximum atomic E-state index is 13.7. The average molecular weight is 550 g/mol. The SMILES string of the molecule is COc1ccc(S(=O)(=O)N2C[C@@H](C(=O)NCc3ccccc3CN3CCCCC3)Oc3ccc(C)cc32)cc1. The minimum absolute atomic E-state index is 0.114. The quantitative estimate of drug-likeness (QED) is 0.452. The summed E-state index contributed by atoms with van der Waals surface area (Å²) < 4.78 is 40.0. The Morgan fingerprint density at radius 3 is 2.44 bits per heavy atom. The van der Waals surface area contributed by atoms with Crippen molar-refractivity contribution in [2.75, 3.05) is 31.0 Å². The second-order valence-electron chi connectivity index (χ2n) is 10.1. The highest BCUT2D eigenvalue weighted by molar-refractivity contribution is 7.92. The molecule has 0 spiro atoms. The fourth-order valence-electron chi connectivity index (χ4n) is 5.14. The lowest BCUT2D eigenvalue weighted by atomic mass is 10.0. The van der Waals surface area contributed by atoms with Gasteiger partial charge < -0.3 is 14.8 Å². The van der Waals surface area contributed by atoms with Gasteiger partial charge in [-0.15, -0.1) is 0 Å². The molecule has 39 heavy (non-hydrogen) atoms. The topological polar surface area (TPSA) is 88.2 Å². The van der Waals surface area contributed by atoms with Crippen LogP contribution in [0.15, 0.2) is 71.6 Å². The first-order valence-electron chi connectivity index (χ1n) is 13.4. The Balaban J connectivity index is 1.34. The Hall–Kier alpha value is -3.56. The first-order valence-corrected chi connectivity index (χ1v) is 14.8. The van der Waals surface area contributed by atoms with E-state index in [9.17, 15) is 13.2 Å². The van der Waals surface area contributed by atoms with E-state index in [0.717, 1.165) is 30.8 Å². The molecule has 8 nitrogen and oxygen atoms in total. The first kappa shape index (κ1) is 27.0. The Kier molecular flexibility index (Phi) is 8.09. The number of nitrogens with zero attached hydrogens (tertiary/aromatic N) is 2. The molecule has 3 aromatic rings. The summed E-state index contributed by atoms with van der Waals surface area (Å²) in [4.78, 5) is 15.9. The summed E-state index contributed by atoms with van der Waals surface area (Å²) in [5.74, 6) is 0.559. The lowest BCUT2D eigenvalue weighted by Crippen LogP contribution is -2.50. The second-order valence-corrected chi connectivity index (χ2v) is 12.0. The van der Waals surface area contributed by atoms with E-state index in [1.807, 2.05) is 31.2 Å². The smallest absolute Gasteiger partial charge is 0.264 e. The van der Waals surface area contributed by atoms with Crippen molar-refractivity contribution in [3.05, 3.63) is 83.4 Å².